The summed E-state index contributed by atoms with van der Waals surface area (Å²) in [5.41, 5.74) is 2.65. The van der Waals surface area contributed by atoms with E-state index in [2.05, 4.69) is 15.1 Å². The first-order valence-corrected chi connectivity index (χ1v) is 13.5. The molecule has 0 bridgehead atoms. The average Bonchev–Trinajstić information content (AvgIpc) is 2.97. The molecule has 14 heteroatoms. The van der Waals surface area contributed by atoms with Gasteiger partial charge in [0, 0.05) is 74.9 Å². The topological polar surface area (TPSA) is 157 Å². The lowest BCUT2D eigenvalue weighted by Gasteiger charge is -2.34. The van der Waals surface area contributed by atoms with E-state index in [1.807, 2.05) is 0 Å². The van der Waals surface area contributed by atoms with Gasteiger partial charge in [-0.15, -0.1) is 12.4 Å². The maximum absolute atomic E-state index is 13.4. The van der Waals surface area contributed by atoms with E-state index in [4.69, 9.17) is 9.47 Å². The highest BCUT2D eigenvalue weighted by Gasteiger charge is 2.38. The van der Waals surface area contributed by atoms with Crippen LogP contribution in [-0.2, 0) is 25.6 Å². The molecule has 1 saturated heterocycles. The second-order valence-electron chi connectivity index (χ2n) is 10.2. The maximum atomic E-state index is 13.4. The van der Waals surface area contributed by atoms with E-state index in [9.17, 15) is 29.8 Å². The van der Waals surface area contributed by atoms with E-state index < -0.39 is 27.7 Å². The largest absolute Gasteiger partial charge is 0.466 e. The van der Waals surface area contributed by atoms with Gasteiger partial charge in [0.1, 0.15) is 6.61 Å². The molecular weight excluding hydrogens is 582 g/mol. The molecule has 0 amide bonds. The van der Waals surface area contributed by atoms with Gasteiger partial charge in [0.15, 0.2) is 0 Å². The number of nitrogens with zero attached hydrogens (tertiary/aromatic N) is 4. The van der Waals surface area contributed by atoms with Crippen molar-refractivity contribution in [3.8, 4) is 0 Å². The van der Waals surface area contributed by atoms with Gasteiger partial charge in [-0.1, -0.05) is 24.3 Å². The Hall–Kier alpha value is -4.33. The zero-order chi connectivity index (χ0) is 30.4. The first kappa shape index (κ1) is 33.2. The number of rotatable bonds is 10. The van der Waals surface area contributed by atoms with Gasteiger partial charge < -0.3 is 14.8 Å². The number of carbonyl (C=O) groups excluding carboxylic acids is 2. The molecule has 2 aromatic carbocycles. The van der Waals surface area contributed by atoms with Gasteiger partial charge >= 0.3 is 11.9 Å². The van der Waals surface area contributed by atoms with Crippen molar-refractivity contribution in [3.05, 3.63) is 102 Å². The summed E-state index contributed by atoms with van der Waals surface area (Å²) in [4.78, 5) is 52.0. The van der Waals surface area contributed by atoms with Crippen LogP contribution in [0.25, 0.3) is 0 Å². The van der Waals surface area contributed by atoms with E-state index in [0.29, 0.717) is 30.0 Å². The van der Waals surface area contributed by atoms with Crippen molar-refractivity contribution >= 4 is 35.7 Å². The second kappa shape index (κ2) is 14.7. The molecule has 43 heavy (non-hydrogen) atoms. The smallest absolute Gasteiger partial charge is 0.336 e. The number of hydrogen-bond acceptors (Lipinski definition) is 11. The standard InChI is InChI=1S/C29H33N5O8.ClH/c1-19-25(28(35)41-3)27(22-5-4-6-24(17-22)34(39)40)26(20(2)30-19)29(36)42-16-15-31-11-13-32(14-12-31)18-21-7-9-23(10-8-21)33(37)38;/h4-10,17,27,30H,11-16,18H2,1-3H3;1H. The van der Waals surface area contributed by atoms with Crippen molar-refractivity contribution in [2.45, 2.75) is 26.3 Å². The van der Waals surface area contributed by atoms with Crippen molar-refractivity contribution < 1.29 is 28.9 Å². The SMILES string of the molecule is COC(=O)C1=C(C)NC(C)=C(C(=O)OCCN2CCN(Cc3ccc([N+](=O)[O-])cc3)CC2)C1c1cccc([N+](=O)[O-])c1.Cl. The minimum Gasteiger partial charge on any atom is -0.466 e. The molecule has 2 heterocycles. The molecule has 2 aromatic rings. The minimum atomic E-state index is -0.908. The molecule has 0 spiro atoms. The number of hydrogen-bond donors (Lipinski definition) is 1. The molecule has 0 aliphatic carbocycles. The summed E-state index contributed by atoms with van der Waals surface area (Å²) in [6.45, 7) is 7.81. The molecular formula is C29H34ClN5O8. The lowest BCUT2D eigenvalue weighted by molar-refractivity contribution is -0.385. The van der Waals surface area contributed by atoms with Crippen LogP contribution >= 0.6 is 12.4 Å². The molecule has 1 atom stereocenters. The number of halogens is 1. The Morgan fingerprint density at radius 3 is 2.05 bits per heavy atom. The zero-order valence-corrected chi connectivity index (χ0v) is 24.9. The second-order valence-corrected chi connectivity index (χ2v) is 10.2. The Bertz CT molecular complexity index is 1430. The van der Waals surface area contributed by atoms with Crippen LogP contribution in [0.15, 0.2) is 71.1 Å². The zero-order valence-electron chi connectivity index (χ0n) is 24.1. The van der Waals surface area contributed by atoms with Crippen LogP contribution in [0, 0.1) is 20.2 Å². The molecule has 0 aromatic heterocycles. The highest BCUT2D eigenvalue weighted by atomic mass is 35.5. The summed E-state index contributed by atoms with van der Waals surface area (Å²) >= 11 is 0. The number of nitrogens with one attached hydrogen (secondary N) is 1. The molecule has 0 saturated carbocycles. The van der Waals surface area contributed by atoms with Crippen LogP contribution in [0.4, 0.5) is 11.4 Å². The van der Waals surface area contributed by atoms with Crippen molar-refractivity contribution in [1.82, 2.24) is 15.1 Å². The minimum absolute atomic E-state index is 0. The lowest BCUT2D eigenvalue weighted by atomic mass is 9.80. The van der Waals surface area contributed by atoms with E-state index in [-0.39, 0.29) is 41.5 Å². The van der Waals surface area contributed by atoms with Crippen LogP contribution in [0.5, 0.6) is 0 Å². The average molecular weight is 616 g/mol. The number of piperazine rings is 1. The van der Waals surface area contributed by atoms with Gasteiger partial charge in [0.2, 0.25) is 0 Å². The van der Waals surface area contributed by atoms with Gasteiger partial charge in [-0.3, -0.25) is 30.0 Å². The third kappa shape index (κ3) is 7.95. The number of nitro benzene ring substituents is 2. The summed E-state index contributed by atoms with van der Waals surface area (Å²) in [5, 5.41) is 25.4. The van der Waals surface area contributed by atoms with E-state index >= 15 is 0 Å². The van der Waals surface area contributed by atoms with Crippen molar-refractivity contribution in [3.63, 3.8) is 0 Å². The predicted molar refractivity (Wildman–Crippen MR) is 159 cm³/mol. The van der Waals surface area contributed by atoms with Crippen LogP contribution in [0.3, 0.4) is 0 Å². The van der Waals surface area contributed by atoms with E-state index in [0.717, 1.165) is 31.7 Å². The Kier molecular flexibility index (Phi) is 11.4. The number of ether oxygens (including phenoxy) is 2. The molecule has 230 valence electrons. The van der Waals surface area contributed by atoms with Crippen LogP contribution in [0.1, 0.15) is 30.9 Å². The van der Waals surface area contributed by atoms with Crippen molar-refractivity contribution in [1.29, 1.82) is 0 Å². The predicted octanol–water partition coefficient (Wildman–Crippen LogP) is 3.69. The molecule has 1 fully saturated rings. The fraction of sp³-hybridized carbons (Fsp3) is 0.379. The summed E-state index contributed by atoms with van der Waals surface area (Å²) in [6.07, 6.45) is 0. The molecule has 1 unspecified atom stereocenters. The van der Waals surface area contributed by atoms with Crippen LogP contribution < -0.4 is 5.32 Å². The molecule has 1 N–H and O–H groups in total. The Morgan fingerprint density at radius 1 is 0.884 bits per heavy atom. The maximum Gasteiger partial charge on any atom is 0.336 e. The van der Waals surface area contributed by atoms with Crippen LogP contribution in [-0.4, -0.2) is 78.0 Å². The normalized spacial score (nSPS) is 17.5. The first-order chi connectivity index (χ1) is 20.1. The fourth-order valence-corrected chi connectivity index (χ4v) is 5.29. The van der Waals surface area contributed by atoms with Gasteiger partial charge in [-0.05, 0) is 25.0 Å². The van der Waals surface area contributed by atoms with Gasteiger partial charge in [0.25, 0.3) is 11.4 Å². The Labute approximate surface area is 254 Å². The van der Waals surface area contributed by atoms with Gasteiger partial charge in [-0.25, -0.2) is 9.59 Å². The Morgan fingerprint density at radius 2 is 1.47 bits per heavy atom. The van der Waals surface area contributed by atoms with E-state index in [1.54, 1.807) is 32.0 Å². The number of allylic oxidation sites excluding steroid dienone is 2. The quantitative estimate of drug-likeness (QED) is 0.236. The van der Waals surface area contributed by atoms with E-state index in [1.165, 1.54) is 37.4 Å². The highest BCUT2D eigenvalue weighted by Crippen LogP contribution is 2.40. The number of methoxy groups -OCH3 is 1. The summed E-state index contributed by atoms with van der Waals surface area (Å²) < 4.78 is 10.7. The lowest BCUT2D eigenvalue weighted by Crippen LogP contribution is -2.47. The molecule has 2 aliphatic heterocycles. The summed E-state index contributed by atoms with van der Waals surface area (Å²) in [7, 11) is 1.24. The highest BCUT2D eigenvalue weighted by molar-refractivity contribution is 5.99. The molecule has 0 radical (unpaired) electrons. The molecule has 4 rings (SSSR count). The molecule has 2 aliphatic rings. The Balaban J connectivity index is 0.00000506. The number of nitro groups is 2. The third-order valence-corrected chi connectivity index (χ3v) is 7.46. The summed E-state index contributed by atoms with van der Waals surface area (Å²) in [5.74, 6) is -2.18. The van der Waals surface area contributed by atoms with Crippen molar-refractivity contribution in [2.24, 2.45) is 0 Å². The number of carbonyl (C=O) groups is 2. The fourth-order valence-electron chi connectivity index (χ4n) is 5.29. The van der Waals surface area contributed by atoms with Crippen molar-refractivity contribution in [2.75, 3.05) is 46.4 Å². The monoisotopic (exact) mass is 615 g/mol. The van der Waals surface area contributed by atoms with Gasteiger partial charge in [0.05, 0.1) is 34.0 Å². The number of dihydropyridines is 1. The molecule has 13 nitrogen and oxygen atoms in total. The number of non-ortho nitro benzene ring substituents is 2. The summed E-state index contributed by atoms with van der Waals surface area (Å²) in [6, 6.07) is 12.4. The van der Waals surface area contributed by atoms with Crippen LogP contribution in [0.2, 0.25) is 0 Å². The number of benzene rings is 2. The first-order valence-electron chi connectivity index (χ1n) is 13.5. The third-order valence-electron chi connectivity index (χ3n) is 7.46. The number of esters is 2. The van der Waals surface area contributed by atoms with Gasteiger partial charge in [-0.2, -0.15) is 0 Å².